The van der Waals surface area contributed by atoms with Crippen LogP contribution in [0.1, 0.15) is 53.4 Å². The minimum atomic E-state index is -0.511. The number of ether oxygens (including phenoxy) is 1. The molecular weight excluding hydrogens is 278 g/mol. The highest BCUT2D eigenvalue weighted by atomic mass is 16.6. The van der Waals surface area contributed by atoms with Gasteiger partial charge in [0, 0.05) is 6.04 Å². The molecule has 2 unspecified atom stereocenters. The second-order valence-electron chi connectivity index (χ2n) is 6.91. The van der Waals surface area contributed by atoms with Crippen molar-refractivity contribution in [3.05, 3.63) is 18.3 Å². The Bertz CT molecular complexity index is 494. The number of carbonyl (C=O) groups is 1. The second kappa shape index (κ2) is 6.99. The van der Waals surface area contributed by atoms with E-state index in [2.05, 4.69) is 22.5 Å². The van der Waals surface area contributed by atoms with Crippen LogP contribution in [0.4, 0.5) is 16.3 Å². The zero-order chi connectivity index (χ0) is 16.2. The van der Waals surface area contributed by atoms with Crippen molar-refractivity contribution in [1.29, 1.82) is 0 Å². The smallest absolute Gasteiger partial charge is 0.413 e. The van der Waals surface area contributed by atoms with Crippen LogP contribution >= 0.6 is 0 Å². The Morgan fingerprint density at radius 3 is 2.73 bits per heavy atom. The molecule has 122 valence electrons. The third-order valence-corrected chi connectivity index (χ3v) is 3.93. The van der Waals surface area contributed by atoms with Crippen LogP contribution < -0.4 is 10.6 Å². The van der Waals surface area contributed by atoms with Crippen LogP contribution in [-0.2, 0) is 4.74 Å². The van der Waals surface area contributed by atoms with Crippen LogP contribution in [0.5, 0.6) is 0 Å². The molecule has 0 aliphatic heterocycles. The van der Waals surface area contributed by atoms with Gasteiger partial charge < -0.3 is 10.1 Å². The standard InChI is InChI=1S/C17H27N3O2/c1-5-12-7-6-8-14(12)19-13-9-10-15(18-11-13)20-16(21)22-17(2,3)4/h9-12,14,19H,5-8H2,1-4H3,(H,18,20,21). The summed E-state index contributed by atoms with van der Waals surface area (Å²) in [5.41, 5.74) is 0.489. The molecule has 1 aromatic heterocycles. The molecule has 0 radical (unpaired) electrons. The molecule has 2 N–H and O–H groups in total. The van der Waals surface area contributed by atoms with Crippen molar-refractivity contribution in [3.63, 3.8) is 0 Å². The molecule has 1 aliphatic rings. The monoisotopic (exact) mass is 305 g/mol. The molecular formula is C17H27N3O2. The first-order valence-electron chi connectivity index (χ1n) is 8.10. The lowest BCUT2D eigenvalue weighted by molar-refractivity contribution is 0.0635. The molecule has 5 heteroatoms. The lowest BCUT2D eigenvalue weighted by Crippen LogP contribution is -2.27. The van der Waals surface area contributed by atoms with Crippen LogP contribution in [0.25, 0.3) is 0 Å². The zero-order valence-electron chi connectivity index (χ0n) is 14.0. The van der Waals surface area contributed by atoms with Crippen molar-refractivity contribution in [1.82, 2.24) is 4.98 Å². The van der Waals surface area contributed by atoms with Crippen LogP contribution in [0.3, 0.4) is 0 Å². The molecule has 0 saturated heterocycles. The van der Waals surface area contributed by atoms with Crippen LogP contribution in [-0.4, -0.2) is 22.7 Å². The van der Waals surface area contributed by atoms with Gasteiger partial charge in [-0.15, -0.1) is 0 Å². The Kier molecular flexibility index (Phi) is 5.27. The van der Waals surface area contributed by atoms with Crippen LogP contribution in [0, 0.1) is 5.92 Å². The number of amides is 1. The first kappa shape index (κ1) is 16.6. The maximum absolute atomic E-state index is 11.7. The summed E-state index contributed by atoms with van der Waals surface area (Å²) in [5.74, 6) is 1.25. The van der Waals surface area contributed by atoms with Gasteiger partial charge in [0.15, 0.2) is 0 Å². The van der Waals surface area contributed by atoms with Gasteiger partial charge in [0.25, 0.3) is 0 Å². The third kappa shape index (κ3) is 4.90. The van der Waals surface area contributed by atoms with Gasteiger partial charge in [-0.05, 0) is 51.7 Å². The van der Waals surface area contributed by atoms with E-state index in [9.17, 15) is 4.79 Å². The number of nitrogens with zero attached hydrogens (tertiary/aromatic N) is 1. The van der Waals surface area contributed by atoms with Crippen molar-refractivity contribution in [3.8, 4) is 0 Å². The molecule has 1 aromatic rings. The van der Waals surface area contributed by atoms with Gasteiger partial charge in [-0.25, -0.2) is 9.78 Å². The Labute approximate surface area is 132 Å². The summed E-state index contributed by atoms with van der Waals surface area (Å²) in [5, 5.41) is 6.19. The third-order valence-electron chi connectivity index (χ3n) is 3.93. The minimum absolute atomic E-state index is 0.484. The fourth-order valence-corrected chi connectivity index (χ4v) is 2.89. The van der Waals surface area contributed by atoms with E-state index in [0.717, 1.165) is 11.6 Å². The van der Waals surface area contributed by atoms with E-state index in [4.69, 9.17) is 4.74 Å². The quantitative estimate of drug-likeness (QED) is 0.864. The summed E-state index contributed by atoms with van der Waals surface area (Å²) >= 11 is 0. The van der Waals surface area contributed by atoms with E-state index in [-0.39, 0.29) is 0 Å². The number of rotatable bonds is 4. The minimum Gasteiger partial charge on any atom is -0.444 e. The van der Waals surface area contributed by atoms with E-state index in [0.29, 0.717) is 11.9 Å². The summed E-state index contributed by atoms with van der Waals surface area (Å²) in [7, 11) is 0. The van der Waals surface area contributed by atoms with Crippen LogP contribution in [0.15, 0.2) is 18.3 Å². The maximum atomic E-state index is 11.7. The van der Waals surface area contributed by atoms with Gasteiger partial charge in [0.05, 0.1) is 11.9 Å². The number of pyridine rings is 1. The molecule has 1 saturated carbocycles. The molecule has 5 nitrogen and oxygen atoms in total. The molecule has 2 rings (SSSR count). The average Bonchev–Trinajstić information content (AvgIpc) is 2.86. The first-order chi connectivity index (χ1) is 10.4. The van der Waals surface area contributed by atoms with E-state index >= 15 is 0 Å². The van der Waals surface area contributed by atoms with Gasteiger partial charge >= 0.3 is 6.09 Å². The van der Waals surface area contributed by atoms with Gasteiger partial charge in [-0.2, -0.15) is 0 Å². The Morgan fingerprint density at radius 2 is 2.14 bits per heavy atom. The summed E-state index contributed by atoms with van der Waals surface area (Å²) in [6.07, 6.45) is 6.31. The molecule has 1 heterocycles. The predicted molar refractivity (Wildman–Crippen MR) is 89.1 cm³/mol. The maximum Gasteiger partial charge on any atom is 0.413 e. The number of aromatic nitrogens is 1. The van der Waals surface area contributed by atoms with Crippen molar-refractivity contribution in [2.45, 2.75) is 65.0 Å². The highest BCUT2D eigenvalue weighted by Crippen LogP contribution is 2.30. The van der Waals surface area contributed by atoms with Crippen molar-refractivity contribution in [2.75, 3.05) is 10.6 Å². The second-order valence-corrected chi connectivity index (χ2v) is 6.91. The molecule has 22 heavy (non-hydrogen) atoms. The van der Waals surface area contributed by atoms with Gasteiger partial charge in [0.1, 0.15) is 11.4 Å². The summed E-state index contributed by atoms with van der Waals surface area (Å²) < 4.78 is 5.20. The van der Waals surface area contributed by atoms with Gasteiger partial charge in [-0.1, -0.05) is 19.8 Å². The molecule has 2 atom stereocenters. The Morgan fingerprint density at radius 1 is 1.36 bits per heavy atom. The fourth-order valence-electron chi connectivity index (χ4n) is 2.89. The molecule has 1 amide bonds. The van der Waals surface area contributed by atoms with Crippen LogP contribution in [0.2, 0.25) is 0 Å². The summed E-state index contributed by atoms with van der Waals surface area (Å²) in [6.45, 7) is 7.74. The molecule has 0 spiro atoms. The normalized spacial score (nSPS) is 21.5. The molecule has 0 aromatic carbocycles. The summed E-state index contributed by atoms with van der Waals surface area (Å²) in [4.78, 5) is 16.0. The van der Waals surface area contributed by atoms with E-state index in [1.165, 1.54) is 25.7 Å². The largest absolute Gasteiger partial charge is 0.444 e. The number of anilines is 2. The van der Waals surface area contributed by atoms with Crippen molar-refractivity contribution < 1.29 is 9.53 Å². The zero-order valence-corrected chi connectivity index (χ0v) is 14.0. The van der Waals surface area contributed by atoms with E-state index in [1.54, 1.807) is 12.3 Å². The lowest BCUT2D eigenvalue weighted by atomic mass is 10.0. The first-order valence-corrected chi connectivity index (χ1v) is 8.10. The van der Waals surface area contributed by atoms with Gasteiger partial charge in [-0.3, -0.25) is 5.32 Å². The fraction of sp³-hybridized carbons (Fsp3) is 0.647. The number of carbonyl (C=O) groups excluding carboxylic acids is 1. The SMILES string of the molecule is CCC1CCCC1Nc1ccc(NC(=O)OC(C)(C)C)nc1. The highest BCUT2D eigenvalue weighted by molar-refractivity contribution is 5.83. The average molecular weight is 305 g/mol. The Balaban J connectivity index is 1.89. The predicted octanol–water partition coefficient (Wildman–Crippen LogP) is 4.42. The topological polar surface area (TPSA) is 63.2 Å². The van der Waals surface area contributed by atoms with E-state index < -0.39 is 11.7 Å². The number of hydrogen-bond acceptors (Lipinski definition) is 4. The van der Waals surface area contributed by atoms with E-state index in [1.807, 2.05) is 26.8 Å². The Hall–Kier alpha value is -1.78. The highest BCUT2D eigenvalue weighted by Gasteiger charge is 2.25. The number of hydrogen-bond donors (Lipinski definition) is 2. The number of nitrogens with one attached hydrogen (secondary N) is 2. The molecule has 1 fully saturated rings. The lowest BCUT2D eigenvalue weighted by Gasteiger charge is -2.21. The summed E-state index contributed by atoms with van der Waals surface area (Å²) in [6, 6.07) is 4.28. The van der Waals surface area contributed by atoms with Crippen molar-refractivity contribution >= 4 is 17.6 Å². The molecule has 1 aliphatic carbocycles. The molecule has 0 bridgehead atoms. The van der Waals surface area contributed by atoms with Crippen molar-refractivity contribution in [2.24, 2.45) is 5.92 Å². The van der Waals surface area contributed by atoms with Gasteiger partial charge in [0.2, 0.25) is 0 Å².